The van der Waals surface area contributed by atoms with Gasteiger partial charge in [-0.15, -0.1) is 0 Å². The summed E-state index contributed by atoms with van der Waals surface area (Å²) in [5.41, 5.74) is 1.69. The van der Waals surface area contributed by atoms with Crippen LogP contribution in [0.25, 0.3) is 0 Å². The lowest BCUT2D eigenvalue weighted by molar-refractivity contribution is -0.128. The maximum atomic E-state index is 12.5. The zero-order chi connectivity index (χ0) is 19.3. The van der Waals surface area contributed by atoms with Crippen LogP contribution in [-0.4, -0.2) is 58.3 Å². The van der Waals surface area contributed by atoms with E-state index in [0.29, 0.717) is 31.7 Å². The highest BCUT2D eigenvalue weighted by molar-refractivity contribution is 7.91. The van der Waals surface area contributed by atoms with E-state index in [-0.39, 0.29) is 11.7 Å². The molecule has 2 aromatic rings. The molecule has 1 amide bonds. The number of ether oxygens (including phenoxy) is 1. The van der Waals surface area contributed by atoms with Gasteiger partial charge in [0.2, 0.25) is 5.91 Å². The summed E-state index contributed by atoms with van der Waals surface area (Å²) in [5.74, 6) is -0.0922. The standard InChI is InChI=1S/C20H24N2O4S/c1-26-19-10-6-5-9-18(19)21-11-13-22(14-12-21)20(23)16-27(24,25)15-17-7-3-2-4-8-17/h2-10H,11-16H2,1H3. The van der Waals surface area contributed by atoms with Crippen molar-refractivity contribution in [1.29, 1.82) is 0 Å². The van der Waals surface area contributed by atoms with Gasteiger partial charge in [-0.25, -0.2) is 8.42 Å². The van der Waals surface area contributed by atoms with Crippen molar-refractivity contribution in [2.24, 2.45) is 0 Å². The predicted octanol–water partition coefficient (Wildman–Crippen LogP) is 1.96. The van der Waals surface area contributed by atoms with Gasteiger partial charge >= 0.3 is 0 Å². The minimum absolute atomic E-state index is 0.110. The number of carbonyl (C=O) groups is 1. The van der Waals surface area contributed by atoms with Crippen LogP contribution >= 0.6 is 0 Å². The van der Waals surface area contributed by atoms with Gasteiger partial charge in [0.25, 0.3) is 0 Å². The van der Waals surface area contributed by atoms with Crippen LogP contribution in [0.1, 0.15) is 5.56 Å². The fourth-order valence-electron chi connectivity index (χ4n) is 3.25. The van der Waals surface area contributed by atoms with E-state index in [0.717, 1.165) is 11.4 Å². The Morgan fingerprint density at radius 2 is 1.59 bits per heavy atom. The number of hydrogen-bond acceptors (Lipinski definition) is 5. The first kappa shape index (κ1) is 19.2. The summed E-state index contributed by atoms with van der Waals surface area (Å²) in [5, 5.41) is 0. The molecular formula is C20H24N2O4S. The minimum atomic E-state index is -3.48. The number of benzene rings is 2. The fourth-order valence-corrected chi connectivity index (χ4v) is 4.61. The largest absolute Gasteiger partial charge is 0.495 e. The molecule has 7 heteroatoms. The van der Waals surface area contributed by atoms with Gasteiger partial charge < -0.3 is 14.5 Å². The van der Waals surface area contributed by atoms with Crippen LogP contribution < -0.4 is 9.64 Å². The third-order valence-electron chi connectivity index (χ3n) is 4.63. The lowest BCUT2D eigenvalue weighted by Crippen LogP contribution is -2.50. The SMILES string of the molecule is COc1ccccc1N1CCN(C(=O)CS(=O)(=O)Cc2ccccc2)CC1. The molecule has 0 aliphatic carbocycles. The number of anilines is 1. The van der Waals surface area contributed by atoms with E-state index in [9.17, 15) is 13.2 Å². The number of nitrogens with zero attached hydrogens (tertiary/aromatic N) is 2. The van der Waals surface area contributed by atoms with Crippen LogP contribution in [0, 0.1) is 0 Å². The van der Waals surface area contributed by atoms with Crippen molar-refractivity contribution in [3.8, 4) is 5.75 Å². The Labute approximate surface area is 160 Å². The molecule has 1 fully saturated rings. The Balaban J connectivity index is 1.57. The van der Waals surface area contributed by atoms with Crippen LogP contribution in [0.15, 0.2) is 54.6 Å². The lowest BCUT2D eigenvalue weighted by atomic mass is 10.2. The van der Waals surface area contributed by atoms with E-state index in [4.69, 9.17) is 4.74 Å². The Bertz CT molecular complexity index is 876. The van der Waals surface area contributed by atoms with Gasteiger partial charge in [-0.2, -0.15) is 0 Å². The van der Waals surface area contributed by atoms with Crippen LogP contribution in [0.5, 0.6) is 5.75 Å². The van der Waals surface area contributed by atoms with Gasteiger partial charge in [0.05, 0.1) is 18.6 Å². The molecule has 3 rings (SSSR count). The first-order valence-corrected chi connectivity index (χ1v) is 10.7. The first-order valence-electron chi connectivity index (χ1n) is 8.88. The summed E-state index contributed by atoms with van der Waals surface area (Å²) in [6.45, 7) is 2.28. The topological polar surface area (TPSA) is 66.9 Å². The van der Waals surface area contributed by atoms with E-state index in [1.807, 2.05) is 30.3 Å². The van der Waals surface area contributed by atoms with Gasteiger partial charge in [0.1, 0.15) is 11.5 Å². The van der Waals surface area contributed by atoms with Crippen molar-refractivity contribution in [2.45, 2.75) is 5.75 Å². The molecule has 27 heavy (non-hydrogen) atoms. The van der Waals surface area contributed by atoms with Gasteiger partial charge in [-0.05, 0) is 17.7 Å². The zero-order valence-corrected chi connectivity index (χ0v) is 16.2. The maximum absolute atomic E-state index is 12.5. The molecule has 0 N–H and O–H groups in total. The van der Waals surface area contributed by atoms with Crippen molar-refractivity contribution in [3.63, 3.8) is 0 Å². The third kappa shape index (κ3) is 5.01. The summed E-state index contributed by atoms with van der Waals surface area (Å²) in [7, 11) is -1.85. The molecule has 0 radical (unpaired) electrons. The van der Waals surface area contributed by atoms with Gasteiger partial charge in [0, 0.05) is 26.2 Å². The van der Waals surface area contributed by atoms with E-state index in [2.05, 4.69) is 4.90 Å². The zero-order valence-electron chi connectivity index (χ0n) is 15.4. The number of piperazine rings is 1. The predicted molar refractivity (Wildman–Crippen MR) is 106 cm³/mol. The van der Waals surface area contributed by atoms with Crippen LogP contribution in [0.3, 0.4) is 0 Å². The number of carbonyl (C=O) groups excluding carboxylic acids is 1. The summed E-state index contributed by atoms with van der Waals surface area (Å²) in [6.07, 6.45) is 0. The van der Waals surface area contributed by atoms with Crippen LogP contribution in [0.2, 0.25) is 0 Å². The van der Waals surface area contributed by atoms with Crippen molar-refractivity contribution in [2.75, 3.05) is 43.9 Å². The molecule has 1 heterocycles. The van der Waals surface area contributed by atoms with E-state index < -0.39 is 15.6 Å². The Kier molecular flexibility index (Phi) is 6.01. The molecule has 6 nitrogen and oxygen atoms in total. The number of hydrogen-bond donors (Lipinski definition) is 0. The van der Waals surface area contributed by atoms with E-state index in [1.165, 1.54) is 0 Å². The van der Waals surface area contributed by atoms with Crippen molar-refractivity contribution < 1.29 is 17.9 Å². The second kappa shape index (κ2) is 8.43. The molecule has 144 valence electrons. The Hall–Kier alpha value is -2.54. The quantitative estimate of drug-likeness (QED) is 0.757. The number of sulfone groups is 1. The second-order valence-electron chi connectivity index (χ2n) is 6.56. The highest BCUT2D eigenvalue weighted by Crippen LogP contribution is 2.28. The summed E-state index contributed by atoms with van der Waals surface area (Å²) in [4.78, 5) is 16.3. The molecule has 0 spiro atoms. The molecule has 1 aliphatic heterocycles. The monoisotopic (exact) mass is 388 g/mol. The molecule has 0 unspecified atom stereocenters. The maximum Gasteiger partial charge on any atom is 0.237 e. The average Bonchev–Trinajstić information content (AvgIpc) is 2.68. The molecule has 1 saturated heterocycles. The van der Waals surface area contributed by atoms with Crippen molar-refractivity contribution in [1.82, 2.24) is 4.90 Å². The first-order chi connectivity index (χ1) is 13.0. The smallest absolute Gasteiger partial charge is 0.237 e. The van der Waals surface area contributed by atoms with Crippen molar-refractivity contribution in [3.05, 3.63) is 60.2 Å². The third-order valence-corrected chi connectivity index (χ3v) is 6.09. The summed E-state index contributed by atoms with van der Waals surface area (Å²) in [6, 6.07) is 16.7. The lowest BCUT2D eigenvalue weighted by Gasteiger charge is -2.36. The number of amides is 1. The van der Waals surface area contributed by atoms with Crippen LogP contribution in [0.4, 0.5) is 5.69 Å². The van der Waals surface area contributed by atoms with Crippen LogP contribution in [-0.2, 0) is 20.4 Å². The molecule has 0 atom stereocenters. The van der Waals surface area contributed by atoms with Gasteiger partial charge in [0.15, 0.2) is 9.84 Å². The molecule has 0 bridgehead atoms. The fraction of sp³-hybridized carbons (Fsp3) is 0.350. The van der Waals surface area contributed by atoms with Gasteiger partial charge in [-0.1, -0.05) is 42.5 Å². The molecule has 0 saturated carbocycles. The minimum Gasteiger partial charge on any atom is -0.495 e. The second-order valence-corrected chi connectivity index (χ2v) is 8.62. The number of para-hydroxylation sites is 2. The van der Waals surface area contributed by atoms with Gasteiger partial charge in [-0.3, -0.25) is 4.79 Å². The molecule has 1 aliphatic rings. The molecule has 2 aromatic carbocycles. The highest BCUT2D eigenvalue weighted by atomic mass is 32.2. The van der Waals surface area contributed by atoms with Crippen molar-refractivity contribution >= 4 is 21.4 Å². The summed E-state index contributed by atoms with van der Waals surface area (Å²) < 4.78 is 30.1. The Morgan fingerprint density at radius 1 is 0.963 bits per heavy atom. The van der Waals surface area contributed by atoms with E-state index in [1.54, 1.807) is 36.3 Å². The average molecular weight is 388 g/mol. The number of methoxy groups -OCH3 is 1. The number of rotatable bonds is 6. The Morgan fingerprint density at radius 3 is 2.26 bits per heavy atom. The normalized spacial score (nSPS) is 14.9. The van der Waals surface area contributed by atoms with E-state index >= 15 is 0 Å². The molecular weight excluding hydrogens is 364 g/mol. The summed E-state index contributed by atoms with van der Waals surface area (Å²) >= 11 is 0. The molecule has 0 aromatic heterocycles. The highest BCUT2D eigenvalue weighted by Gasteiger charge is 2.26.